The van der Waals surface area contributed by atoms with E-state index in [9.17, 15) is 27.6 Å². The molecule has 11 heteroatoms. The molecular formula is C28H32F3N3O5. The van der Waals surface area contributed by atoms with Gasteiger partial charge in [0, 0.05) is 31.9 Å². The van der Waals surface area contributed by atoms with Gasteiger partial charge in [0.05, 0.1) is 6.42 Å². The first-order valence-electron chi connectivity index (χ1n) is 13.1. The summed E-state index contributed by atoms with van der Waals surface area (Å²) in [6, 6.07) is 12.2. The number of ether oxygens (including phenoxy) is 1. The lowest BCUT2D eigenvalue weighted by molar-refractivity contribution is -0.274. The Morgan fingerprint density at radius 1 is 1.03 bits per heavy atom. The molecule has 8 nitrogen and oxygen atoms in total. The largest absolute Gasteiger partial charge is 0.573 e. The number of amides is 3. The van der Waals surface area contributed by atoms with Gasteiger partial charge in [-0.2, -0.15) is 0 Å². The van der Waals surface area contributed by atoms with Gasteiger partial charge in [-0.1, -0.05) is 44.0 Å². The fraction of sp³-hybridized carbons (Fsp3) is 0.464. The van der Waals surface area contributed by atoms with Crippen molar-refractivity contribution in [3.05, 3.63) is 59.7 Å². The number of unbranched alkanes of at least 4 members (excludes halogenated alkanes) is 2. The lowest BCUT2D eigenvalue weighted by Gasteiger charge is -2.43. The minimum absolute atomic E-state index is 0.0786. The standard InChI is InChI=1S/C28H32F3N3O5/c1-2-3-4-14-33-25(37)27(12-15-32(16-13-27)22-7-5-6-21(17-22)18-24(35)36)34(26(33)38)19-20-8-10-23(11-9-20)39-28(29,30)31/h5-11,17H,2-4,12-16,18-19H2,1H3,(H,35,36). The van der Waals surface area contributed by atoms with Crippen LogP contribution >= 0.6 is 0 Å². The van der Waals surface area contributed by atoms with Crippen molar-refractivity contribution < 1.29 is 37.4 Å². The summed E-state index contributed by atoms with van der Waals surface area (Å²) >= 11 is 0. The second kappa shape index (κ2) is 11.5. The van der Waals surface area contributed by atoms with Gasteiger partial charge in [-0.15, -0.1) is 13.2 Å². The van der Waals surface area contributed by atoms with E-state index in [2.05, 4.69) is 9.64 Å². The summed E-state index contributed by atoms with van der Waals surface area (Å²) in [6.07, 6.45) is -1.63. The van der Waals surface area contributed by atoms with Gasteiger partial charge < -0.3 is 19.6 Å². The van der Waals surface area contributed by atoms with Gasteiger partial charge in [-0.05, 0) is 54.7 Å². The molecule has 2 aromatic carbocycles. The van der Waals surface area contributed by atoms with Gasteiger partial charge in [-0.25, -0.2) is 4.79 Å². The molecule has 2 aliphatic heterocycles. The van der Waals surface area contributed by atoms with E-state index in [1.165, 1.54) is 29.2 Å². The molecule has 0 aromatic heterocycles. The van der Waals surface area contributed by atoms with Crippen LogP contribution in [0.3, 0.4) is 0 Å². The van der Waals surface area contributed by atoms with Crippen molar-refractivity contribution in [1.29, 1.82) is 0 Å². The Labute approximate surface area is 224 Å². The van der Waals surface area contributed by atoms with Crippen LogP contribution in [0.2, 0.25) is 0 Å². The topological polar surface area (TPSA) is 90.4 Å². The molecule has 0 atom stereocenters. The average molecular weight is 548 g/mol. The Morgan fingerprint density at radius 3 is 2.33 bits per heavy atom. The molecule has 2 heterocycles. The molecule has 39 heavy (non-hydrogen) atoms. The molecule has 0 radical (unpaired) electrons. The Balaban J connectivity index is 1.55. The summed E-state index contributed by atoms with van der Waals surface area (Å²) < 4.78 is 41.6. The Hall–Kier alpha value is -3.76. The highest BCUT2D eigenvalue weighted by atomic mass is 19.4. The number of hydrogen-bond acceptors (Lipinski definition) is 5. The number of alkyl halides is 3. The third-order valence-electron chi connectivity index (χ3n) is 7.33. The fourth-order valence-corrected chi connectivity index (χ4v) is 5.35. The highest BCUT2D eigenvalue weighted by Gasteiger charge is 2.57. The zero-order chi connectivity index (χ0) is 28.2. The first-order valence-corrected chi connectivity index (χ1v) is 13.1. The van der Waals surface area contributed by atoms with Gasteiger partial charge in [0.25, 0.3) is 5.91 Å². The minimum Gasteiger partial charge on any atom is -0.481 e. The van der Waals surface area contributed by atoms with Gasteiger partial charge in [-0.3, -0.25) is 14.5 Å². The van der Waals surface area contributed by atoms with Crippen LogP contribution in [-0.4, -0.2) is 64.3 Å². The Morgan fingerprint density at radius 2 is 1.72 bits per heavy atom. The predicted octanol–water partition coefficient (Wildman–Crippen LogP) is 5.21. The van der Waals surface area contributed by atoms with E-state index in [1.54, 1.807) is 17.0 Å². The molecule has 2 aromatic rings. The van der Waals surface area contributed by atoms with Crippen molar-refractivity contribution in [3.63, 3.8) is 0 Å². The number of carboxylic acids is 1. The van der Waals surface area contributed by atoms with Crippen molar-refractivity contribution in [3.8, 4) is 5.75 Å². The van der Waals surface area contributed by atoms with E-state index in [1.807, 2.05) is 19.1 Å². The van der Waals surface area contributed by atoms with Crippen LogP contribution in [0.15, 0.2) is 48.5 Å². The third-order valence-corrected chi connectivity index (χ3v) is 7.33. The fourth-order valence-electron chi connectivity index (χ4n) is 5.35. The molecule has 1 N–H and O–H groups in total. The summed E-state index contributed by atoms with van der Waals surface area (Å²) in [5, 5.41) is 9.13. The average Bonchev–Trinajstić information content (AvgIpc) is 3.06. The van der Waals surface area contributed by atoms with E-state index in [0.717, 1.165) is 18.5 Å². The molecule has 2 saturated heterocycles. The van der Waals surface area contributed by atoms with Gasteiger partial charge in [0.15, 0.2) is 0 Å². The SMILES string of the molecule is CCCCCN1C(=O)N(Cc2ccc(OC(F)(F)F)cc2)C2(CCN(c3cccc(CC(=O)O)c3)CC2)C1=O. The monoisotopic (exact) mass is 547 g/mol. The van der Waals surface area contributed by atoms with Crippen molar-refractivity contribution >= 4 is 23.6 Å². The Bertz CT molecular complexity index is 1190. The third kappa shape index (κ3) is 6.46. The highest BCUT2D eigenvalue weighted by Crippen LogP contribution is 2.40. The van der Waals surface area contributed by atoms with E-state index in [-0.39, 0.29) is 30.7 Å². The number of hydrogen-bond donors (Lipinski definition) is 1. The van der Waals surface area contributed by atoms with Crippen molar-refractivity contribution in [2.75, 3.05) is 24.5 Å². The van der Waals surface area contributed by atoms with Crippen molar-refractivity contribution in [1.82, 2.24) is 9.80 Å². The Kier molecular flexibility index (Phi) is 8.36. The number of imide groups is 1. The van der Waals surface area contributed by atoms with E-state index < -0.39 is 17.9 Å². The molecule has 1 spiro atoms. The van der Waals surface area contributed by atoms with Crippen LogP contribution < -0.4 is 9.64 Å². The maximum atomic E-state index is 13.8. The highest BCUT2D eigenvalue weighted by molar-refractivity contribution is 6.07. The number of piperidine rings is 1. The molecule has 2 aliphatic rings. The normalized spacial score (nSPS) is 17.3. The molecule has 4 rings (SSSR count). The second-order valence-electron chi connectivity index (χ2n) is 9.98. The van der Waals surface area contributed by atoms with Crippen molar-refractivity contribution in [2.45, 2.75) is 63.9 Å². The summed E-state index contributed by atoms with van der Waals surface area (Å²) in [6.45, 7) is 3.40. The quantitative estimate of drug-likeness (QED) is 0.325. The molecule has 0 aliphatic carbocycles. The molecular weight excluding hydrogens is 515 g/mol. The molecule has 0 bridgehead atoms. The maximum absolute atomic E-state index is 13.8. The van der Waals surface area contributed by atoms with E-state index in [4.69, 9.17) is 5.11 Å². The maximum Gasteiger partial charge on any atom is 0.573 e. The van der Waals surface area contributed by atoms with E-state index >= 15 is 0 Å². The molecule has 2 fully saturated rings. The summed E-state index contributed by atoms with van der Waals surface area (Å²) in [5.41, 5.74) is 1.06. The second-order valence-corrected chi connectivity index (χ2v) is 9.98. The lowest BCUT2D eigenvalue weighted by atomic mass is 9.85. The number of urea groups is 1. The van der Waals surface area contributed by atoms with Crippen LogP contribution in [-0.2, 0) is 22.6 Å². The molecule has 0 unspecified atom stereocenters. The predicted molar refractivity (Wildman–Crippen MR) is 137 cm³/mol. The van der Waals surface area contributed by atoms with Crippen LogP contribution in [0.5, 0.6) is 5.75 Å². The van der Waals surface area contributed by atoms with Crippen molar-refractivity contribution in [2.24, 2.45) is 0 Å². The molecule has 210 valence electrons. The van der Waals surface area contributed by atoms with Gasteiger partial charge >= 0.3 is 18.4 Å². The summed E-state index contributed by atoms with van der Waals surface area (Å²) in [4.78, 5) is 43.4. The zero-order valence-electron chi connectivity index (χ0n) is 21.7. The van der Waals surface area contributed by atoms with Crippen LogP contribution in [0.4, 0.5) is 23.7 Å². The number of benzene rings is 2. The zero-order valence-corrected chi connectivity index (χ0v) is 21.7. The smallest absolute Gasteiger partial charge is 0.481 e. The molecule has 3 amide bonds. The van der Waals surface area contributed by atoms with Crippen LogP contribution in [0.25, 0.3) is 0 Å². The number of nitrogens with zero attached hydrogens (tertiary/aromatic N) is 3. The first kappa shape index (κ1) is 28.3. The summed E-state index contributed by atoms with van der Waals surface area (Å²) in [7, 11) is 0. The van der Waals surface area contributed by atoms with Gasteiger partial charge in [0.2, 0.25) is 0 Å². The number of carbonyl (C=O) groups excluding carboxylic acids is 2. The number of halogens is 3. The lowest BCUT2D eigenvalue weighted by Crippen LogP contribution is -2.56. The number of carboxylic acid groups (broad SMARTS) is 1. The number of anilines is 1. The van der Waals surface area contributed by atoms with E-state index in [0.29, 0.717) is 50.0 Å². The molecule has 0 saturated carbocycles. The number of carbonyl (C=O) groups is 3. The number of aliphatic carboxylic acids is 1. The minimum atomic E-state index is -4.80. The number of rotatable bonds is 10. The first-order chi connectivity index (χ1) is 18.5. The van der Waals surface area contributed by atoms with Gasteiger partial charge in [0.1, 0.15) is 11.3 Å². The summed E-state index contributed by atoms with van der Waals surface area (Å²) in [5.74, 6) is -1.51. The van der Waals surface area contributed by atoms with Crippen LogP contribution in [0, 0.1) is 0 Å². The van der Waals surface area contributed by atoms with Crippen LogP contribution in [0.1, 0.15) is 50.2 Å².